The number of carboxylic acid groups (broad SMARTS) is 2. The summed E-state index contributed by atoms with van der Waals surface area (Å²) in [5, 5.41) is 24.4. The van der Waals surface area contributed by atoms with Crippen LogP contribution in [-0.4, -0.2) is 75.9 Å². The summed E-state index contributed by atoms with van der Waals surface area (Å²) in [4.78, 5) is 80.6. The number of nitrogens with one attached hydrogen (secondary N) is 3. The van der Waals surface area contributed by atoms with Crippen LogP contribution in [0.4, 0.5) is 0 Å². The van der Waals surface area contributed by atoms with Crippen molar-refractivity contribution in [1.82, 2.24) is 16.0 Å². The Morgan fingerprint density at radius 1 is 0.750 bits per heavy atom. The van der Waals surface area contributed by atoms with E-state index in [9.17, 15) is 38.7 Å². The predicted molar refractivity (Wildman–Crippen MR) is 106 cm³/mol. The first-order valence-electron chi connectivity index (χ1n) is 9.42. The fourth-order valence-electron chi connectivity index (χ4n) is 2.34. The highest BCUT2D eigenvalue weighted by Gasteiger charge is 2.29. The number of hydrogen-bond acceptors (Lipinski definition) is 8. The molecule has 0 aliphatic rings. The van der Waals surface area contributed by atoms with Gasteiger partial charge in [0.2, 0.25) is 29.5 Å². The fraction of sp³-hybridized carbons (Fsp3) is 0.588. The van der Waals surface area contributed by atoms with Crippen LogP contribution in [0.1, 0.15) is 39.0 Å². The number of carbonyl (C=O) groups excluding carboxylic acids is 5. The maximum Gasteiger partial charge on any atom is 0.326 e. The number of hydrogen-bond donors (Lipinski definition) is 8. The minimum atomic E-state index is -1.49. The summed E-state index contributed by atoms with van der Waals surface area (Å²) in [6, 6.07) is -5.57. The van der Waals surface area contributed by atoms with Gasteiger partial charge in [-0.2, -0.15) is 0 Å². The Hall–Kier alpha value is -3.75. The lowest BCUT2D eigenvalue weighted by molar-refractivity contribution is -0.142. The van der Waals surface area contributed by atoms with Crippen LogP contribution in [0.25, 0.3) is 0 Å². The molecule has 32 heavy (non-hydrogen) atoms. The van der Waals surface area contributed by atoms with Crippen molar-refractivity contribution in [2.75, 3.05) is 0 Å². The summed E-state index contributed by atoms with van der Waals surface area (Å²) in [6.07, 6.45) is -1.92. The van der Waals surface area contributed by atoms with Crippen LogP contribution in [0, 0.1) is 0 Å². The molecule has 180 valence electrons. The molecule has 15 heteroatoms. The van der Waals surface area contributed by atoms with Gasteiger partial charge in [-0.1, -0.05) is 0 Å². The van der Waals surface area contributed by atoms with E-state index < -0.39 is 72.1 Å². The largest absolute Gasteiger partial charge is 0.481 e. The van der Waals surface area contributed by atoms with Crippen molar-refractivity contribution < 1.29 is 43.8 Å². The zero-order chi connectivity index (χ0) is 25.0. The normalized spacial score (nSPS) is 14.2. The summed E-state index contributed by atoms with van der Waals surface area (Å²) in [7, 11) is 0. The molecule has 0 aromatic carbocycles. The smallest absolute Gasteiger partial charge is 0.326 e. The molecule has 4 unspecified atom stereocenters. The summed E-state index contributed by atoms with van der Waals surface area (Å²) in [5.74, 6) is -7.14. The molecule has 0 rings (SSSR count). The van der Waals surface area contributed by atoms with Gasteiger partial charge in [0.05, 0.1) is 12.5 Å². The Bertz CT molecular complexity index is 757. The molecule has 5 amide bonds. The van der Waals surface area contributed by atoms with Crippen molar-refractivity contribution in [2.24, 2.45) is 17.2 Å². The van der Waals surface area contributed by atoms with Gasteiger partial charge in [-0.15, -0.1) is 0 Å². The van der Waals surface area contributed by atoms with E-state index >= 15 is 0 Å². The quantitative estimate of drug-likeness (QED) is 0.117. The number of aliphatic carboxylic acids is 2. The van der Waals surface area contributed by atoms with Crippen molar-refractivity contribution in [1.29, 1.82) is 0 Å². The number of carboxylic acids is 2. The molecular formula is C17H28N6O9. The number of nitrogens with two attached hydrogens (primary N) is 3. The van der Waals surface area contributed by atoms with E-state index in [4.69, 9.17) is 22.3 Å². The predicted octanol–water partition coefficient (Wildman–Crippen LogP) is -4.12. The fourth-order valence-corrected chi connectivity index (χ4v) is 2.34. The zero-order valence-electron chi connectivity index (χ0n) is 17.3. The van der Waals surface area contributed by atoms with Crippen LogP contribution in [0.15, 0.2) is 0 Å². The van der Waals surface area contributed by atoms with Gasteiger partial charge in [0.25, 0.3) is 0 Å². The van der Waals surface area contributed by atoms with Crippen molar-refractivity contribution in [3.8, 4) is 0 Å². The van der Waals surface area contributed by atoms with Gasteiger partial charge in [-0.25, -0.2) is 4.79 Å². The Kier molecular flexibility index (Phi) is 11.9. The van der Waals surface area contributed by atoms with Gasteiger partial charge in [-0.3, -0.25) is 28.8 Å². The maximum absolute atomic E-state index is 12.5. The first kappa shape index (κ1) is 28.2. The summed E-state index contributed by atoms with van der Waals surface area (Å²) >= 11 is 0. The maximum atomic E-state index is 12.5. The number of carbonyl (C=O) groups is 7. The minimum absolute atomic E-state index is 0.283. The third-order valence-electron chi connectivity index (χ3n) is 4.09. The van der Waals surface area contributed by atoms with Gasteiger partial charge in [-0.05, 0) is 19.8 Å². The molecule has 0 aromatic rings. The van der Waals surface area contributed by atoms with Crippen LogP contribution in [0.3, 0.4) is 0 Å². The zero-order valence-corrected chi connectivity index (χ0v) is 17.3. The molecule has 0 aliphatic carbocycles. The molecular weight excluding hydrogens is 432 g/mol. The molecule has 0 aromatic heterocycles. The SMILES string of the molecule is CC(NC(=O)C(N)CC(=O)O)C(=O)NC(CCC(N)=O)C(=O)NC(CCC(N)=O)C(=O)O. The molecule has 15 nitrogen and oxygen atoms in total. The standard InChI is InChI=1S/C17H28N6O9/c1-7(21-15(29)8(18)6-13(26)27)14(28)22-9(2-4-11(19)24)16(30)23-10(17(31)32)3-5-12(20)25/h7-10H,2-6,18H2,1H3,(H2,19,24)(H2,20,25)(H,21,29)(H,22,28)(H,23,30)(H,26,27)(H,31,32). The lowest BCUT2D eigenvalue weighted by Gasteiger charge is -2.23. The molecule has 0 bridgehead atoms. The van der Waals surface area contributed by atoms with Crippen molar-refractivity contribution in [2.45, 2.75) is 63.2 Å². The third-order valence-corrected chi connectivity index (χ3v) is 4.09. The highest BCUT2D eigenvalue weighted by Crippen LogP contribution is 2.03. The van der Waals surface area contributed by atoms with Crippen LogP contribution in [-0.2, 0) is 33.6 Å². The van der Waals surface area contributed by atoms with Crippen molar-refractivity contribution >= 4 is 41.5 Å². The highest BCUT2D eigenvalue weighted by atomic mass is 16.4. The van der Waals surface area contributed by atoms with E-state index in [1.54, 1.807) is 0 Å². The number of primary amides is 2. The molecule has 0 spiro atoms. The first-order valence-corrected chi connectivity index (χ1v) is 9.42. The second-order valence-electron chi connectivity index (χ2n) is 6.91. The highest BCUT2D eigenvalue weighted by molar-refractivity contribution is 5.94. The monoisotopic (exact) mass is 460 g/mol. The Labute approximate surface area is 182 Å². The Morgan fingerprint density at radius 2 is 1.22 bits per heavy atom. The average molecular weight is 460 g/mol. The summed E-state index contributed by atoms with van der Waals surface area (Å²) in [5.41, 5.74) is 15.4. The average Bonchev–Trinajstić information content (AvgIpc) is 2.66. The van der Waals surface area contributed by atoms with E-state index in [2.05, 4.69) is 16.0 Å². The second kappa shape index (κ2) is 13.5. The Morgan fingerprint density at radius 3 is 1.66 bits per heavy atom. The van der Waals surface area contributed by atoms with Crippen LogP contribution >= 0.6 is 0 Å². The molecule has 0 saturated carbocycles. The first-order chi connectivity index (χ1) is 14.7. The lowest BCUT2D eigenvalue weighted by atomic mass is 10.1. The molecule has 0 saturated heterocycles. The van der Waals surface area contributed by atoms with Crippen molar-refractivity contribution in [3.05, 3.63) is 0 Å². The van der Waals surface area contributed by atoms with Crippen LogP contribution in [0.2, 0.25) is 0 Å². The van der Waals surface area contributed by atoms with E-state index in [0.717, 1.165) is 0 Å². The van der Waals surface area contributed by atoms with Gasteiger partial charge in [0.15, 0.2) is 0 Å². The van der Waals surface area contributed by atoms with E-state index in [1.165, 1.54) is 6.92 Å². The molecule has 0 aliphatic heterocycles. The summed E-state index contributed by atoms with van der Waals surface area (Å²) in [6.45, 7) is 1.23. The molecule has 0 fully saturated rings. The molecule has 4 atom stereocenters. The molecule has 0 radical (unpaired) electrons. The number of amides is 5. The topological polar surface area (TPSA) is 274 Å². The van der Waals surface area contributed by atoms with Gasteiger partial charge in [0, 0.05) is 12.8 Å². The Balaban J connectivity index is 5.21. The summed E-state index contributed by atoms with van der Waals surface area (Å²) < 4.78 is 0. The second-order valence-corrected chi connectivity index (χ2v) is 6.91. The van der Waals surface area contributed by atoms with Crippen LogP contribution in [0.5, 0.6) is 0 Å². The lowest BCUT2D eigenvalue weighted by Crippen LogP contribution is -2.56. The van der Waals surface area contributed by atoms with E-state index in [0.29, 0.717) is 0 Å². The van der Waals surface area contributed by atoms with E-state index in [1.807, 2.05) is 0 Å². The van der Waals surface area contributed by atoms with E-state index in [-0.39, 0.29) is 25.7 Å². The number of rotatable bonds is 15. The van der Waals surface area contributed by atoms with Crippen molar-refractivity contribution in [3.63, 3.8) is 0 Å². The minimum Gasteiger partial charge on any atom is -0.481 e. The van der Waals surface area contributed by atoms with Gasteiger partial charge in [0.1, 0.15) is 18.1 Å². The van der Waals surface area contributed by atoms with Crippen LogP contribution < -0.4 is 33.2 Å². The molecule has 11 N–H and O–H groups in total. The van der Waals surface area contributed by atoms with Gasteiger partial charge < -0.3 is 43.4 Å². The third kappa shape index (κ3) is 11.4. The van der Waals surface area contributed by atoms with Gasteiger partial charge >= 0.3 is 11.9 Å². The molecule has 0 heterocycles.